The minimum absolute atomic E-state index is 0.0898. The summed E-state index contributed by atoms with van der Waals surface area (Å²) in [6, 6.07) is 24.8. The highest BCUT2D eigenvalue weighted by atomic mass is 16.5. The van der Waals surface area contributed by atoms with Gasteiger partial charge >= 0.3 is 0 Å². The van der Waals surface area contributed by atoms with Gasteiger partial charge in [-0.2, -0.15) is 20.5 Å². The van der Waals surface area contributed by atoms with Crippen molar-refractivity contribution in [2.24, 2.45) is 30.4 Å². The molecule has 4 aromatic rings. The van der Waals surface area contributed by atoms with Crippen molar-refractivity contribution in [3.05, 3.63) is 96.1 Å². The first-order valence-corrected chi connectivity index (χ1v) is 15.5. The van der Waals surface area contributed by atoms with Gasteiger partial charge in [-0.3, -0.25) is 9.98 Å². The largest absolute Gasteiger partial charge is 0.507 e. The number of hydrogen-bond acceptors (Lipinski definition) is 10. The van der Waals surface area contributed by atoms with Crippen LogP contribution in [0.5, 0.6) is 23.0 Å². The van der Waals surface area contributed by atoms with Crippen LogP contribution in [0.3, 0.4) is 0 Å². The number of ether oxygens (including phenoxy) is 2. The molecule has 0 radical (unpaired) electrons. The Morgan fingerprint density at radius 3 is 1.28 bits per heavy atom. The maximum atomic E-state index is 10.3. The van der Waals surface area contributed by atoms with Gasteiger partial charge in [0.2, 0.25) is 0 Å². The first-order valence-electron chi connectivity index (χ1n) is 15.5. The zero-order valence-electron chi connectivity index (χ0n) is 26.3. The smallest absolute Gasteiger partial charge is 0.124 e. The second-order valence-electron chi connectivity index (χ2n) is 10.3. The van der Waals surface area contributed by atoms with Gasteiger partial charge in [0.25, 0.3) is 0 Å². The van der Waals surface area contributed by atoms with E-state index in [-0.39, 0.29) is 11.5 Å². The average molecular weight is 621 g/mol. The zero-order chi connectivity index (χ0) is 32.4. The SMILES string of the molecule is CCCCOc1ccc(N=Nc2ccc(O)c(C=NCCN=Cc3cc(N=Nc4ccc(OCCCC)cc4)ccc3O)c2)cc1. The molecule has 4 aromatic carbocycles. The van der Waals surface area contributed by atoms with E-state index in [2.05, 4.69) is 44.3 Å². The maximum absolute atomic E-state index is 10.3. The molecule has 10 heteroatoms. The van der Waals surface area contributed by atoms with Crippen molar-refractivity contribution in [1.82, 2.24) is 0 Å². The van der Waals surface area contributed by atoms with Crippen LogP contribution in [0.2, 0.25) is 0 Å². The number of rotatable bonds is 17. The molecule has 0 fully saturated rings. The lowest BCUT2D eigenvalue weighted by atomic mass is 10.2. The van der Waals surface area contributed by atoms with Gasteiger partial charge in [0.05, 0.1) is 49.1 Å². The Hall–Kier alpha value is -5.38. The molecule has 238 valence electrons. The van der Waals surface area contributed by atoms with Gasteiger partial charge in [0.1, 0.15) is 23.0 Å². The predicted molar refractivity (Wildman–Crippen MR) is 183 cm³/mol. The van der Waals surface area contributed by atoms with Crippen LogP contribution in [-0.4, -0.2) is 48.9 Å². The normalized spacial score (nSPS) is 11.8. The summed E-state index contributed by atoms with van der Waals surface area (Å²) in [6.07, 6.45) is 7.36. The number of phenols is 2. The van der Waals surface area contributed by atoms with E-state index < -0.39 is 0 Å². The lowest BCUT2D eigenvalue weighted by Crippen LogP contribution is -1.95. The Labute approximate surface area is 269 Å². The number of hydrogen-bond donors (Lipinski definition) is 2. The maximum Gasteiger partial charge on any atom is 0.124 e. The summed E-state index contributed by atoms with van der Waals surface area (Å²) >= 11 is 0. The molecule has 0 bridgehead atoms. The highest BCUT2D eigenvalue weighted by Gasteiger charge is 2.03. The number of phenolic OH excluding ortho intramolecular Hbond substituents is 2. The van der Waals surface area contributed by atoms with Crippen LogP contribution in [0.15, 0.2) is 115 Å². The molecule has 0 unspecified atom stereocenters. The molecule has 0 spiro atoms. The summed E-state index contributed by atoms with van der Waals surface area (Å²) in [7, 11) is 0. The van der Waals surface area contributed by atoms with Crippen molar-refractivity contribution in [2.75, 3.05) is 26.3 Å². The van der Waals surface area contributed by atoms with Crippen LogP contribution in [0.1, 0.15) is 50.7 Å². The third-order valence-corrected chi connectivity index (χ3v) is 6.61. The first-order chi connectivity index (χ1) is 22.5. The number of aliphatic imine (C=N–C) groups is 2. The van der Waals surface area contributed by atoms with Crippen molar-refractivity contribution in [3.63, 3.8) is 0 Å². The first kappa shape index (κ1) is 33.5. The highest BCUT2D eigenvalue weighted by Crippen LogP contribution is 2.27. The molecular formula is C36H40N6O4. The molecule has 0 atom stereocenters. The summed E-state index contributed by atoms with van der Waals surface area (Å²) in [5, 5.41) is 37.6. The number of unbranched alkanes of at least 4 members (excludes halogenated alkanes) is 2. The molecule has 0 aliphatic carbocycles. The van der Waals surface area contributed by atoms with Crippen molar-refractivity contribution in [1.29, 1.82) is 0 Å². The Kier molecular flexibility index (Phi) is 13.4. The van der Waals surface area contributed by atoms with Crippen molar-refractivity contribution >= 4 is 35.2 Å². The molecule has 0 aliphatic heterocycles. The fourth-order valence-corrected chi connectivity index (χ4v) is 3.97. The molecule has 4 rings (SSSR count). The minimum Gasteiger partial charge on any atom is -0.507 e. The van der Waals surface area contributed by atoms with Gasteiger partial charge in [-0.05, 0) is 97.8 Å². The van der Waals surface area contributed by atoms with E-state index in [1.165, 1.54) is 0 Å². The third kappa shape index (κ3) is 11.3. The van der Waals surface area contributed by atoms with Crippen LogP contribution in [-0.2, 0) is 0 Å². The third-order valence-electron chi connectivity index (χ3n) is 6.61. The topological polar surface area (TPSA) is 133 Å². The second kappa shape index (κ2) is 18.4. The Balaban J connectivity index is 1.27. The lowest BCUT2D eigenvalue weighted by Gasteiger charge is -2.04. The predicted octanol–water partition coefficient (Wildman–Crippen LogP) is 9.82. The molecule has 0 aromatic heterocycles. The number of nitrogens with zero attached hydrogens (tertiary/aromatic N) is 6. The van der Waals surface area contributed by atoms with Crippen molar-refractivity contribution < 1.29 is 19.7 Å². The fourth-order valence-electron chi connectivity index (χ4n) is 3.97. The van der Waals surface area contributed by atoms with Gasteiger partial charge in [-0.15, -0.1) is 0 Å². The number of aromatic hydroxyl groups is 2. The summed E-state index contributed by atoms with van der Waals surface area (Å²) in [4.78, 5) is 8.75. The molecule has 46 heavy (non-hydrogen) atoms. The van der Waals surface area contributed by atoms with Gasteiger partial charge in [-0.25, -0.2) is 0 Å². The second-order valence-corrected chi connectivity index (χ2v) is 10.3. The van der Waals surface area contributed by atoms with E-state index in [0.717, 1.165) is 37.2 Å². The van der Waals surface area contributed by atoms with Gasteiger partial charge in [0, 0.05) is 23.6 Å². The van der Waals surface area contributed by atoms with Crippen LogP contribution in [0.4, 0.5) is 22.7 Å². The number of azo groups is 2. The van der Waals surface area contributed by atoms with E-state index in [0.29, 0.717) is 60.2 Å². The van der Waals surface area contributed by atoms with E-state index in [1.54, 1.807) is 48.8 Å². The monoisotopic (exact) mass is 620 g/mol. The summed E-state index contributed by atoms with van der Waals surface area (Å²) in [6.45, 7) is 6.40. The van der Waals surface area contributed by atoms with E-state index >= 15 is 0 Å². The van der Waals surface area contributed by atoms with Gasteiger partial charge in [0.15, 0.2) is 0 Å². The summed E-state index contributed by atoms with van der Waals surface area (Å²) < 4.78 is 11.4. The van der Waals surface area contributed by atoms with Crippen LogP contribution in [0.25, 0.3) is 0 Å². The molecule has 0 aliphatic rings. The molecule has 0 amide bonds. The average Bonchev–Trinajstić information content (AvgIpc) is 3.08. The van der Waals surface area contributed by atoms with Crippen LogP contribution >= 0.6 is 0 Å². The summed E-state index contributed by atoms with van der Waals surface area (Å²) in [5.41, 5.74) is 3.61. The zero-order valence-corrected chi connectivity index (χ0v) is 26.3. The lowest BCUT2D eigenvalue weighted by molar-refractivity contribution is 0.309. The Bertz CT molecular complexity index is 1510. The molecule has 0 heterocycles. The standard InChI is InChI=1S/C36H40N6O4/c1-3-5-21-45-33-13-7-29(8-14-33)39-41-31-11-17-35(43)27(23-31)25-37-19-20-38-26-28-24-32(12-18-36(28)44)42-40-30-9-15-34(16-10-30)46-22-6-4-2/h7-18,23-26,43-44H,3-6,19-22H2,1-2H3. The number of benzene rings is 4. The highest BCUT2D eigenvalue weighted by molar-refractivity contribution is 5.85. The summed E-state index contributed by atoms with van der Waals surface area (Å²) in [5.74, 6) is 1.79. The van der Waals surface area contributed by atoms with Crippen LogP contribution in [0, 0.1) is 0 Å². The fraction of sp³-hybridized carbons (Fsp3) is 0.278. The minimum atomic E-state index is 0.0898. The van der Waals surface area contributed by atoms with Crippen molar-refractivity contribution in [3.8, 4) is 23.0 Å². The molecular weight excluding hydrogens is 580 g/mol. The molecule has 10 nitrogen and oxygen atoms in total. The Morgan fingerprint density at radius 1 is 0.522 bits per heavy atom. The van der Waals surface area contributed by atoms with E-state index in [4.69, 9.17) is 9.47 Å². The van der Waals surface area contributed by atoms with E-state index in [9.17, 15) is 10.2 Å². The molecule has 0 saturated carbocycles. The van der Waals surface area contributed by atoms with Gasteiger partial charge < -0.3 is 19.7 Å². The van der Waals surface area contributed by atoms with E-state index in [1.807, 2.05) is 48.5 Å². The van der Waals surface area contributed by atoms with Crippen LogP contribution < -0.4 is 9.47 Å². The van der Waals surface area contributed by atoms with Crippen molar-refractivity contribution in [2.45, 2.75) is 39.5 Å². The van der Waals surface area contributed by atoms with Gasteiger partial charge in [-0.1, -0.05) is 26.7 Å². The molecule has 2 N–H and O–H groups in total. The molecule has 0 saturated heterocycles. The quantitative estimate of drug-likeness (QED) is 0.0690. The Morgan fingerprint density at radius 2 is 0.891 bits per heavy atom.